The molecule has 90 valence electrons. The van der Waals surface area contributed by atoms with Crippen LogP contribution >= 0.6 is 11.3 Å². The lowest BCUT2D eigenvalue weighted by molar-refractivity contribution is 0.588. The number of anilines is 1. The zero-order valence-corrected chi connectivity index (χ0v) is 10.3. The number of halogens is 2. The van der Waals surface area contributed by atoms with Crippen molar-refractivity contribution in [2.45, 2.75) is 19.9 Å². The molecule has 0 amide bonds. The Morgan fingerprint density at radius 2 is 1.71 bits per heavy atom. The van der Waals surface area contributed by atoms with Gasteiger partial charge in [-0.3, -0.25) is 0 Å². The van der Waals surface area contributed by atoms with Gasteiger partial charge in [0.25, 0.3) is 0 Å². The molecule has 0 bridgehead atoms. The molecule has 0 radical (unpaired) electrons. The van der Waals surface area contributed by atoms with Crippen molar-refractivity contribution in [3.05, 3.63) is 51.7 Å². The molecule has 0 aliphatic heterocycles. The summed E-state index contributed by atoms with van der Waals surface area (Å²) in [5, 5.41) is 2.80. The second-order valence-electron chi connectivity index (χ2n) is 3.67. The minimum absolute atomic E-state index is 0.0565. The van der Waals surface area contributed by atoms with Crippen molar-refractivity contribution >= 4 is 17.0 Å². The van der Waals surface area contributed by atoms with E-state index in [0.29, 0.717) is 6.54 Å². The Hall–Kier alpha value is -1.42. The van der Waals surface area contributed by atoms with Crippen LogP contribution in [0.4, 0.5) is 14.5 Å². The third kappa shape index (κ3) is 2.82. The lowest BCUT2D eigenvalue weighted by atomic mass is 10.3. The molecule has 2 aromatic rings. The van der Waals surface area contributed by atoms with E-state index in [2.05, 4.69) is 12.2 Å². The summed E-state index contributed by atoms with van der Waals surface area (Å²) in [6, 6.07) is 7.87. The van der Waals surface area contributed by atoms with Crippen molar-refractivity contribution in [1.29, 1.82) is 0 Å². The highest BCUT2D eigenvalue weighted by Crippen LogP contribution is 2.21. The number of hydrogen-bond acceptors (Lipinski definition) is 2. The number of hydrogen-bond donors (Lipinski definition) is 1. The monoisotopic (exact) mass is 253 g/mol. The van der Waals surface area contributed by atoms with Crippen molar-refractivity contribution in [2.75, 3.05) is 5.32 Å². The Balaban J connectivity index is 2.07. The number of benzene rings is 1. The lowest BCUT2D eigenvalue weighted by Gasteiger charge is -2.06. The van der Waals surface area contributed by atoms with E-state index in [1.807, 2.05) is 12.1 Å². The molecule has 2 rings (SSSR count). The predicted octanol–water partition coefficient (Wildman–Crippen LogP) is 4.20. The van der Waals surface area contributed by atoms with Gasteiger partial charge in [0.05, 0.1) is 0 Å². The molecule has 0 unspecified atom stereocenters. The lowest BCUT2D eigenvalue weighted by Crippen LogP contribution is -2.02. The minimum atomic E-state index is -0.558. The Bertz CT molecular complexity index is 488. The normalized spacial score (nSPS) is 10.5. The van der Waals surface area contributed by atoms with Crippen molar-refractivity contribution < 1.29 is 8.78 Å². The smallest absolute Gasteiger partial charge is 0.149 e. The number of nitrogens with one attached hydrogen (secondary N) is 1. The fourth-order valence-corrected chi connectivity index (χ4v) is 2.45. The summed E-state index contributed by atoms with van der Waals surface area (Å²) in [7, 11) is 0. The fraction of sp³-hybridized carbons (Fsp3) is 0.231. The van der Waals surface area contributed by atoms with E-state index in [9.17, 15) is 8.78 Å². The first-order chi connectivity index (χ1) is 8.20. The molecule has 17 heavy (non-hydrogen) atoms. The van der Waals surface area contributed by atoms with Gasteiger partial charge in [0.15, 0.2) is 0 Å². The molecule has 1 nitrogen and oxygen atoms in total. The molecule has 4 heteroatoms. The molecule has 1 heterocycles. The largest absolute Gasteiger partial charge is 0.375 e. The first-order valence-electron chi connectivity index (χ1n) is 5.46. The Morgan fingerprint density at radius 1 is 1.06 bits per heavy atom. The number of para-hydroxylation sites is 1. The van der Waals surface area contributed by atoms with Crippen LogP contribution in [0.1, 0.15) is 16.7 Å². The van der Waals surface area contributed by atoms with Crippen molar-refractivity contribution in [1.82, 2.24) is 0 Å². The molecular weight excluding hydrogens is 240 g/mol. The number of thiophene rings is 1. The number of aryl methyl sites for hydroxylation is 1. The zero-order valence-electron chi connectivity index (χ0n) is 9.47. The molecular formula is C13H13F2NS. The van der Waals surface area contributed by atoms with E-state index in [0.717, 1.165) is 11.3 Å². The summed E-state index contributed by atoms with van der Waals surface area (Å²) < 4.78 is 26.7. The Labute approximate surface area is 103 Å². The SMILES string of the molecule is CCc1ccc(CNc2c(F)cccc2F)s1. The third-order valence-electron chi connectivity index (χ3n) is 2.47. The molecule has 0 fully saturated rings. The van der Waals surface area contributed by atoms with Crippen LogP contribution in [0.2, 0.25) is 0 Å². The van der Waals surface area contributed by atoms with Crippen LogP contribution in [0.25, 0.3) is 0 Å². The van der Waals surface area contributed by atoms with E-state index in [1.165, 1.54) is 23.1 Å². The van der Waals surface area contributed by atoms with E-state index in [1.54, 1.807) is 11.3 Å². The maximum Gasteiger partial charge on any atom is 0.149 e. The molecule has 1 aromatic carbocycles. The molecule has 0 saturated carbocycles. The van der Waals surface area contributed by atoms with Gasteiger partial charge in [-0.15, -0.1) is 11.3 Å². The van der Waals surface area contributed by atoms with Crippen LogP contribution in [-0.2, 0) is 13.0 Å². The standard InChI is InChI=1S/C13H13F2NS/c1-2-9-6-7-10(17-9)8-16-13-11(14)4-3-5-12(13)15/h3-7,16H,2,8H2,1H3. The molecule has 1 N–H and O–H groups in total. The van der Waals surface area contributed by atoms with E-state index in [-0.39, 0.29) is 5.69 Å². The highest BCUT2D eigenvalue weighted by Gasteiger charge is 2.07. The Morgan fingerprint density at radius 3 is 2.29 bits per heavy atom. The highest BCUT2D eigenvalue weighted by molar-refractivity contribution is 7.12. The van der Waals surface area contributed by atoms with Gasteiger partial charge in [-0.2, -0.15) is 0 Å². The first kappa shape index (κ1) is 12.0. The molecule has 1 aromatic heterocycles. The minimum Gasteiger partial charge on any atom is -0.375 e. The van der Waals surface area contributed by atoms with Gasteiger partial charge in [-0.25, -0.2) is 8.78 Å². The number of rotatable bonds is 4. The van der Waals surface area contributed by atoms with E-state index in [4.69, 9.17) is 0 Å². The third-order valence-corrected chi connectivity index (χ3v) is 3.70. The topological polar surface area (TPSA) is 12.0 Å². The predicted molar refractivity (Wildman–Crippen MR) is 67.4 cm³/mol. The van der Waals surface area contributed by atoms with Crippen molar-refractivity contribution in [3.63, 3.8) is 0 Å². The van der Waals surface area contributed by atoms with Crippen LogP contribution in [0.3, 0.4) is 0 Å². The van der Waals surface area contributed by atoms with Crippen molar-refractivity contribution in [2.24, 2.45) is 0 Å². The summed E-state index contributed by atoms with van der Waals surface area (Å²) in [5.41, 5.74) is -0.0565. The summed E-state index contributed by atoms with van der Waals surface area (Å²) in [6.45, 7) is 2.53. The highest BCUT2D eigenvalue weighted by atomic mass is 32.1. The summed E-state index contributed by atoms with van der Waals surface area (Å²) >= 11 is 1.66. The van der Waals surface area contributed by atoms with Crippen LogP contribution in [-0.4, -0.2) is 0 Å². The second-order valence-corrected chi connectivity index (χ2v) is 4.92. The quantitative estimate of drug-likeness (QED) is 0.861. The molecule has 0 aliphatic carbocycles. The van der Waals surface area contributed by atoms with Gasteiger partial charge in [0, 0.05) is 16.3 Å². The van der Waals surface area contributed by atoms with Crippen molar-refractivity contribution in [3.8, 4) is 0 Å². The molecule has 0 spiro atoms. The van der Waals surface area contributed by atoms with Gasteiger partial charge < -0.3 is 5.32 Å². The van der Waals surface area contributed by atoms with Gasteiger partial charge in [0.2, 0.25) is 0 Å². The van der Waals surface area contributed by atoms with Gasteiger partial charge in [-0.1, -0.05) is 13.0 Å². The Kier molecular flexibility index (Phi) is 3.74. The first-order valence-corrected chi connectivity index (χ1v) is 6.28. The van der Waals surface area contributed by atoms with Gasteiger partial charge >= 0.3 is 0 Å². The van der Waals surface area contributed by atoms with Crippen LogP contribution in [0.15, 0.2) is 30.3 Å². The van der Waals surface area contributed by atoms with Gasteiger partial charge in [0.1, 0.15) is 17.3 Å². The average Bonchev–Trinajstić information content (AvgIpc) is 2.76. The second kappa shape index (κ2) is 5.27. The van der Waals surface area contributed by atoms with E-state index < -0.39 is 11.6 Å². The molecule has 0 aliphatic rings. The summed E-state index contributed by atoms with van der Waals surface area (Å²) in [4.78, 5) is 2.35. The summed E-state index contributed by atoms with van der Waals surface area (Å²) in [6.07, 6.45) is 0.985. The van der Waals surface area contributed by atoms with Crippen LogP contribution in [0.5, 0.6) is 0 Å². The van der Waals surface area contributed by atoms with Gasteiger partial charge in [-0.05, 0) is 30.7 Å². The van der Waals surface area contributed by atoms with E-state index >= 15 is 0 Å². The average molecular weight is 253 g/mol. The zero-order chi connectivity index (χ0) is 12.3. The maximum atomic E-state index is 13.3. The van der Waals surface area contributed by atoms with Crippen LogP contribution < -0.4 is 5.32 Å². The van der Waals surface area contributed by atoms with Crippen LogP contribution in [0, 0.1) is 11.6 Å². The molecule has 0 atom stereocenters. The molecule has 0 saturated heterocycles. The summed E-state index contributed by atoms with van der Waals surface area (Å²) in [5.74, 6) is -1.12. The fourth-order valence-electron chi connectivity index (χ4n) is 1.55. The maximum absolute atomic E-state index is 13.3.